The van der Waals surface area contributed by atoms with Crippen LogP contribution in [-0.2, 0) is 6.42 Å². The van der Waals surface area contributed by atoms with E-state index in [0.29, 0.717) is 11.6 Å². The van der Waals surface area contributed by atoms with Crippen LogP contribution in [0.5, 0.6) is 0 Å². The van der Waals surface area contributed by atoms with E-state index in [4.69, 9.17) is 5.73 Å². The molecule has 0 aromatic carbocycles. The molecule has 0 saturated heterocycles. The Hall–Kier alpha value is -1.69. The molecule has 0 amide bonds. The molecule has 3 N–H and O–H groups in total. The van der Waals surface area contributed by atoms with E-state index in [9.17, 15) is 0 Å². The summed E-state index contributed by atoms with van der Waals surface area (Å²) in [6, 6.07) is 0. The number of nitrogens with two attached hydrogens (primary N) is 1. The zero-order valence-corrected chi connectivity index (χ0v) is 9.79. The van der Waals surface area contributed by atoms with Gasteiger partial charge in [0, 0.05) is 18.3 Å². The molecule has 2 heterocycles. The highest BCUT2D eigenvalue weighted by atomic mass is 32.1. The minimum atomic E-state index is 0.570. The normalized spacial score (nSPS) is 10.3. The van der Waals surface area contributed by atoms with Gasteiger partial charge in [0.1, 0.15) is 0 Å². The van der Waals surface area contributed by atoms with Gasteiger partial charge in [-0.1, -0.05) is 0 Å². The largest absolute Gasteiger partial charge is 0.396 e. The fourth-order valence-corrected chi connectivity index (χ4v) is 1.90. The second kappa shape index (κ2) is 4.89. The smallest absolute Gasteiger partial charge is 0.222 e. The van der Waals surface area contributed by atoms with E-state index in [1.54, 1.807) is 23.7 Å². The van der Waals surface area contributed by atoms with Gasteiger partial charge < -0.3 is 11.1 Å². The molecule has 0 aliphatic rings. The fourth-order valence-electron chi connectivity index (χ4n) is 1.25. The standard InChI is InChI=1S/C10H13N5S/c1-7-15-9(6-16-7)2-3-12-10-13-4-8(11)5-14-10/h4-6H,2-3,11H2,1H3,(H,12,13,14). The summed E-state index contributed by atoms with van der Waals surface area (Å²) in [6.07, 6.45) is 4.04. The molecule has 0 aliphatic heterocycles. The van der Waals surface area contributed by atoms with Crippen molar-refractivity contribution in [3.63, 3.8) is 0 Å². The number of aryl methyl sites for hydroxylation is 1. The number of hydrogen-bond acceptors (Lipinski definition) is 6. The van der Waals surface area contributed by atoms with Gasteiger partial charge in [-0.05, 0) is 6.92 Å². The van der Waals surface area contributed by atoms with Crippen LogP contribution in [0, 0.1) is 6.92 Å². The number of anilines is 2. The van der Waals surface area contributed by atoms with Crippen LogP contribution in [0.3, 0.4) is 0 Å². The van der Waals surface area contributed by atoms with Crippen molar-refractivity contribution in [2.45, 2.75) is 13.3 Å². The predicted octanol–water partition coefficient (Wildman–Crippen LogP) is 1.48. The number of nitrogen functional groups attached to an aromatic ring is 1. The van der Waals surface area contributed by atoms with E-state index in [0.717, 1.165) is 23.7 Å². The molecule has 5 nitrogen and oxygen atoms in total. The van der Waals surface area contributed by atoms with Gasteiger partial charge in [-0.25, -0.2) is 15.0 Å². The summed E-state index contributed by atoms with van der Waals surface area (Å²) in [6.45, 7) is 2.78. The Balaban J connectivity index is 1.82. The van der Waals surface area contributed by atoms with Gasteiger partial charge in [-0.15, -0.1) is 11.3 Å². The van der Waals surface area contributed by atoms with Gasteiger partial charge in [0.15, 0.2) is 0 Å². The second-order valence-corrected chi connectivity index (χ2v) is 4.44. The molecule has 0 fully saturated rings. The van der Waals surface area contributed by atoms with Crippen LogP contribution in [0.1, 0.15) is 10.7 Å². The summed E-state index contributed by atoms with van der Waals surface area (Å²) < 4.78 is 0. The first-order chi connectivity index (χ1) is 7.74. The van der Waals surface area contributed by atoms with Crippen molar-refractivity contribution in [2.24, 2.45) is 0 Å². The summed E-state index contributed by atoms with van der Waals surface area (Å²) in [7, 11) is 0. The van der Waals surface area contributed by atoms with Gasteiger partial charge in [0.25, 0.3) is 0 Å². The van der Waals surface area contributed by atoms with E-state index in [2.05, 4.69) is 25.6 Å². The average Bonchev–Trinajstić information content (AvgIpc) is 2.67. The van der Waals surface area contributed by atoms with E-state index in [1.165, 1.54) is 0 Å². The Labute approximate surface area is 97.8 Å². The van der Waals surface area contributed by atoms with Crippen molar-refractivity contribution in [3.05, 3.63) is 28.5 Å². The van der Waals surface area contributed by atoms with E-state index in [1.807, 2.05) is 6.92 Å². The summed E-state index contributed by atoms with van der Waals surface area (Å²) in [4.78, 5) is 12.5. The third-order valence-electron chi connectivity index (χ3n) is 2.00. The van der Waals surface area contributed by atoms with E-state index >= 15 is 0 Å². The van der Waals surface area contributed by atoms with Gasteiger partial charge >= 0.3 is 0 Å². The minimum Gasteiger partial charge on any atom is -0.396 e. The first-order valence-corrected chi connectivity index (χ1v) is 5.84. The van der Waals surface area contributed by atoms with Gasteiger partial charge in [0.05, 0.1) is 28.8 Å². The zero-order valence-electron chi connectivity index (χ0n) is 8.97. The first kappa shape index (κ1) is 10.8. The van der Waals surface area contributed by atoms with Crippen molar-refractivity contribution < 1.29 is 0 Å². The highest BCUT2D eigenvalue weighted by Gasteiger charge is 1.99. The summed E-state index contributed by atoms with van der Waals surface area (Å²) >= 11 is 1.67. The molecule has 2 aromatic heterocycles. The summed E-state index contributed by atoms with van der Waals surface area (Å²) in [5.74, 6) is 0.598. The summed E-state index contributed by atoms with van der Waals surface area (Å²) in [5, 5.41) is 6.28. The van der Waals surface area contributed by atoms with E-state index < -0.39 is 0 Å². The maximum absolute atomic E-state index is 5.49. The Morgan fingerprint density at radius 3 is 2.75 bits per heavy atom. The Morgan fingerprint density at radius 1 is 1.38 bits per heavy atom. The van der Waals surface area contributed by atoms with Crippen LogP contribution in [0.25, 0.3) is 0 Å². The van der Waals surface area contributed by atoms with Crippen LogP contribution in [0.2, 0.25) is 0 Å². The molecular formula is C10H13N5S. The molecule has 0 atom stereocenters. The molecule has 16 heavy (non-hydrogen) atoms. The first-order valence-electron chi connectivity index (χ1n) is 4.96. The number of thiazole rings is 1. The van der Waals surface area contributed by atoms with Crippen molar-refractivity contribution >= 4 is 23.0 Å². The van der Waals surface area contributed by atoms with Gasteiger partial charge in [-0.3, -0.25) is 0 Å². The Kier molecular flexibility index (Phi) is 3.31. The lowest BCUT2D eigenvalue weighted by Crippen LogP contribution is -2.08. The molecule has 2 aromatic rings. The van der Waals surface area contributed by atoms with Crippen LogP contribution in [0.15, 0.2) is 17.8 Å². The Bertz CT molecular complexity index is 450. The molecule has 84 valence electrons. The minimum absolute atomic E-state index is 0.570. The maximum atomic E-state index is 5.49. The molecule has 6 heteroatoms. The van der Waals surface area contributed by atoms with Gasteiger partial charge in [0.2, 0.25) is 5.95 Å². The van der Waals surface area contributed by atoms with Crippen molar-refractivity contribution in [2.75, 3.05) is 17.6 Å². The van der Waals surface area contributed by atoms with Gasteiger partial charge in [-0.2, -0.15) is 0 Å². The number of hydrogen-bond donors (Lipinski definition) is 2. The third-order valence-corrected chi connectivity index (χ3v) is 2.82. The van der Waals surface area contributed by atoms with Crippen LogP contribution in [-0.4, -0.2) is 21.5 Å². The van der Waals surface area contributed by atoms with Crippen molar-refractivity contribution in [3.8, 4) is 0 Å². The predicted molar refractivity (Wildman–Crippen MR) is 65.5 cm³/mol. The molecule has 0 bridgehead atoms. The lowest BCUT2D eigenvalue weighted by atomic mass is 10.3. The van der Waals surface area contributed by atoms with Crippen LogP contribution < -0.4 is 11.1 Å². The lowest BCUT2D eigenvalue weighted by molar-refractivity contribution is 0.947. The SMILES string of the molecule is Cc1nc(CCNc2ncc(N)cn2)cs1. The molecule has 2 rings (SSSR count). The number of aromatic nitrogens is 3. The van der Waals surface area contributed by atoms with Crippen LogP contribution >= 0.6 is 11.3 Å². The summed E-state index contributed by atoms with van der Waals surface area (Å²) in [5.41, 5.74) is 7.16. The topological polar surface area (TPSA) is 76.7 Å². The highest BCUT2D eigenvalue weighted by molar-refractivity contribution is 7.09. The van der Waals surface area contributed by atoms with Crippen molar-refractivity contribution in [1.29, 1.82) is 0 Å². The second-order valence-electron chi connectivity index (χ2n) is 3.37. The molecule has 0 unspecified atom stereocenters. The van der Waals surface area contributed by atoms with Crippen molar-refractivity contribution in [1.82, 2.24) is 15.0 Å². The maximum Gasteiger partial charge on any atom is 0.222 e. The highest BCUT2D eigenvalue weighted by Crippen LogP contribution is 2.08. The van der Waals surface area contributed by atoms with Crippen LogP contribution in [0.4, 0.5) is 11.6 Å². The fraction of sp³-hybridized carbons (Fsp3) is 0.300. The Morgan fingerprint density at radius 2 is 2.12 bits per heavy atom. The third kappa shape index (κ3) is 2.90. The number of nitrogens with zero attached hydrogens (tertiary/aromatic N) is 3. The molecule has 0 spiro atoms. The zero-order chi connectivity index (χ0) is 11.4. The van der Waals surface area contributed by atoms with E-state index in [-0.39, 0.29) is 0 Å². The number of nitrogens with one attached hydrogen (secondary N) is 1. The molecule has 0 aliphatic carbocycles. The quantitative estimate of drug-likeness (QED) is 0.839. The molecular weight excluding hydrogens is 222 g/mol. The lowest BCUT2D eigenvalue weighted by Gasteiger charge is -2.02. The number of rotatable bonds is 4. The average molecular weight is 235 g/mol. The molecule has 0 saturated carbocycles. The molecule has 0 radical (unpaired) electrons. The monoisotopic (exact) mass is 235 g/mol.